The maximum atomic E-state index is 12.9. The zero-order valence-electron chi connectivity index (χ0n) is 14.9. The first-order valence-corrected chi connectivity index (χ1v) is 8.46. The molecule has 1 fully saturated rings. The summed E-state index contributed by atoms with van der Waals surface area (Å²) in [6.45, 7) is 9.06. The molecule has 4 heteroatoms. The first-order valence-electron chi connectivity index (χ1n) is 8.46. The fourth-order valence-electron chi connectivity index (χ4n) is 3.26. The third-order valence-corrected chi connectivity index (χ3v) is 5.01. The van der Waals surface area contributed by atoms with Crippen molar-refractivity contribution >= 4 is 18.3 Å². The van der Waals surface area contributed by atoms with E-state index in [-0.39, 0.29) is 18.3 Å². The second-order valence-corrected chi connectivity index (χ2v) is 7.12. The Morgan fingerprint density at radius 1 is 1.22 bits per heavy atom. The normalized spacial score (nSPS) is 16.1. The summed E-state index contributed by atoms with van der Waals surface area (Å²) < 4.78 is 0. The molecule has 0 atom stereocenters. The number of aryl methyl sites for hydroxylation is 1. The number of carbonyl (C=O) groups excluding carboxylic acids is 1. The number of hydrogen-bond donors (Lipinski definition) is 1. The van der Waals surface area contributed by atoms with Gasteiger partial charge in [0.05, 0.1) is 5.41 Å². The van der Waals surface area contributed by atoms with Crippen molar-refractivity contribution in [3.8, 4) is 0 Å². The van der Waals surface area contributed by atoms with Crippen LogP contribution in [0.25, 0.3) is 0 Å². The Labute approximate surface area is 147 Å². The Morgan fingerprint density at radius 3 is 2.30 bits per heavy atom. The lowest BCUT2D eigenvalue weighted by atomic mass is 9.82. The number of carbonyl (C=O) groups is 1. The van der Waals surface area contributed by atoms with Gasteiger partial charge in [0.15, 0.2) is 0 Å². The molecule has 0 saturated carbocycles. The van der Waals surface area contributed by atoms with Crippen LogP contribution < -0.4 is 5.32 Å². The number of likely N-dealkylation sites (tertiary alicyclic amines) is 1. The van der Waals surface area contributed by atoms with Gasteiger partial charge in [-0.1, -0.05) is 29.8 Å². The van der Waals surface area contributed by atoms with E-state index >= 15 is 0 Å². The third kappa shape index (κ3) is 4.95. The SMILES string of the molecule is CNCCC1CCN(C(=O)C(C)(C)c2ccc(C)cc2)CC1.Cl. The highest BCUT2D eigenvalue weighted by molar-refractivity contribution is 5.87. The molecule has 1 heterocycles. The van der Waals surface area contributed by atoms with E-state index in [1.807, 2.05) is 20.9 Å². The number of benzene rings is 1. The lowest BCUT2D eigenvalue weighted by molar-refractivity contribution is -0.137. The molecule has 1 aliphatic heterocycles. The van der Waals surface area contributed by atoms with Crippen LogP contribution in [0, 0.1) is 12.8 Å². The van der Waals surface area contributed by atoms with Gasteiger partial charge in [0, 0.05) is 13.1 Å². The van der Waals surface area contributed by atoms with Crippen molar-refractivity contribution in [1.29, 1.82) is 0 Å². The Balaban J connectivity index is 0.00000264. The van der Waals surface area contributed by atoms with Crippen molar-refractivity contribution in [2.45, 2.75) is 45.4 Å². The lowest BCUT2D eigenvalue weighted by Crippen LogP contribution is -2.47. The fourth-order valence-corrected chi connectivity index (χ4v) is 3.26. The number of nitrogens with zero attached hydrogens (tertiary/aromatic N) is 1. The highest BCUT2D eigenvalue weighted by Crippen LogP contribution is 2.29. The second-order valence-electron chi connectivity index (χ2n) is 7.12. The van der Waals surface area contributed by atoms with Crippen LogP contribution in [0.3, 0.4) is 0 Å². The average Bonchev–Trinajstić information content (AvgIpc) is 2.53. The molecule has 2 rings (SSSR count). The van der Waals surface area contributed by atoms with Crippen LogP contribution in [-0.4, -0.2) is 37.5 Å². The molecule has 3 nitrogen and oxygen atoms in total. The summed E-state index contributed by atoms with van der Waals surface area (Å²) in [5, 5.41) is 3.22. The lowest BCUT2D eigenvalue weighted by Gasteiger charge is -2.37. The molecular formula is C19H31ClN2O. The Bertz CT molecular complexity index is 491. The van der Waals surface area contributed by atoms with Crippen molar-refractivity contribution in [3.63, 3.8) is 0 Å². The number of hydrogen-bond acceptors (Lipinski definition) is 2. The van der Waals surface area contributed by atoms with Gasteiger partial charge in [-0.15, -0.1) is 12.4 Å². The second kappa shape index (κ2) is 8.70. The van der Waals surface area contributed by atoms with Crippen LogP contribution in [0.2, 0.25) is 0 Å². The summed E-state index contributed by atoms with van der Waals surface area (Å²) in [6.07, 6.45) is 3.49. The maximum absolute atomic E-state index is 12.9. The summed E-state index contributed by atoms with van der Waals surface area (Å²) >= 11 is 0. The predicted molar refractivity (Wildman–Crippen MR) is 99.3 cm³/mol. The summed E-state index contributed by atoms with van der Waals surface area (Å²) in [5.74, 6) is 1.03. The third-order valence-electron chi connectivity index (χ3n) is 5.01. The van der Waals surface area contributed by atoms with Gasteiger partial charge in [-0.05, 0) is 65.1 Å². The van der Waals surface area contributed by atoms with Crippen molar-refractivity contribution in [1.82, 2.24) is 10.2 Å². The molecule has 0 bridgehead atoms. The van der Waals surface area contributed by atoms with E-state index < -0.39 is 5.41 Å². The van der Waals surface area contributed by atoms with Crippen LogP contribution in [-0.2, 0) is 10.2 Å². The highest BCUT2D eigenvalue weighted by Gasteiger charge is 2.35. The maximum Gasteiger partial charge on any atom is 0.232 e. The molecule has 0 radical (unpaired) electrons. The van der Waals surface area contributed by atoms with Gasteiger partial charge in [-0.3, -0.25) is 4.79 Å². The number of amides is 1. The van der Waals surface area contributed by atoms with Crippen molar-refractivity contribution in [2.75, 3.05) is 26.7 Å². The van der Waals surface area contributed by atoms with Crippen LogP contribution in [0.4, 0.5) is 0 Å². The van der Waals surface area contributed by atoms with Crippen LogP contribution in [0.5, 0.6) is 0 Å². The minimum absolute atomic E-state index is 0. The molecule has 0 unspecified atom stereocenters. The monoisotopic (exact) mass is 338 g/mol. The summed E-state index contributed by atoms with van der Waals surface area (Å²) in [5.41, 5.74) is 1.91. The van der Waals surface area contributed by atoms with E-state index in [9.17, 15) is 4.79 Å². The van der Waals surface area contributed by atoms with E-state index in [0.29, 0.717) is 0 Å². The van der Waals surface area contributed by atoms with Gasteiger partial charge < -0.3 is 10.2 Å². The number of piperidine rings is 1. The van der Waals surface area contributed by atoms with Gasteiger partial charge in [-0.25, -0.2) is 0 Å². The average molecular weight is 339 g/mol. The number of rotatable bonds is 5. The van der Waals surface area contributed by atoms with Crippen molar-refractivity contribution < 1.29 is 4.79 Å². The largest absolute Gasteiger partial charge is 0.342 e. The number of halogens is 1. The highest BCUT2D eigenvalue weighted by atomic mass is 35.5. The molecule has 1 aromatic rings. The van der Waals surface area contributed by atoms with Crippen LogP contribution in [0.15, 0.2) is 24.3 Å². The van der Waals surface area contributed by atoms with E-state index in [4.69, 9.17) is 0 Å². The van der Waals surface area contributed by atoms with Crippen molar-refractivity contribution in [3.05, 3.63) is 35.4 Å². The summed E-state index contributed by atoms with van der Waals surface area (Å²) in [4.78, 5) is 15.0. The smallest absolute Gasteiger partial charge is 0.232 e. The van der Waals surface area contributed by atoms with Crippen LogP contribution in [0.1, 0.15) is 44.2 Å². The van der Waals surface area contributed by atoms with Gasteiger partial charge in [0.1, 0.15) is 0 Å². The minimum Gasteiger partial charge on any atom is -0.342 e. The van der Waals surface area contributed by atoms with Gasteiger partial charge in [0.25, 0.3) is 0 Å². The van der Waals surface area contributed by atoms with E-state index in [2.05, 4.69) is 41.4 Å². The molecule has 0 aromatic heterocycles. The van der Waals surface area contributed by atoms with Gasteiger partial charge >= 0.3 is 0 Å². The molecule has 1 saturated heterocycles. The quantitative estimate of drug-likeness (QED) is 0.890. The summed E-state index contributed by atoms with van der Waals surface area (Å²) in [6, 6.07) is 8.36. The van der Waals surface area contributed by atoms with Gasteiger partial charge in [-0.2, -0.15) is 0 Å². The topological polar surface area (TPSA) is 32.3 Å². The number of nitrogens with one attached hydrogen (secondary N) is 1. The first kappa shape index (κ1) is 20.0. The zero-order chi connectivity index (χ0) is 16.2. The summed E-state index contributed by atoms with van der Waals surface area (Å²) in [7, 11) is 2.00. The Morgan fingerprint density at radius 2 is 1.78 bits per heavy atom. The predicted octanol–water partition coefficient (Wildman–Crippen LogP) is 3.54. The molecule has 1 aliphatic rings. The molecule has 130 valence electrons. The molecule has 1 N–H and O–H groups in total. The molecule has 1 amide bonds. The fraction of sp³-hybridized carbons (Fsp3) is 0.632. The molecule has 23 heavy (non-hydrogen) atoms. The molecular weight excluding hydrogens is 308 g/mol. The molecule has 0 spiro atoms. The van der Waals surface area contributed by atoms with Crippen LogP contribution >= 0.6 is 12.4 Å². The minimum atomic E-state index is -0.439. The van der Waals surface area contributed by atoms with Gasteiger partial charge in [0.2, 0.25) is 5.91 Å². The van der Waals surface area contributed by atoms with E-state index in [1.54, 1.807) is 0 Å². The first-order chi connectivity index (χ1) is 10.4. The van der Waals surface area contributed by atoms with Crippen molar-refractivity contribution in [2.24, 2.45) is 5.92 Å². The molecule has 0 aliphatic carbocycles. The Kier molecular flexibility index (Phi) is 7.56. The standard InChI is InChI=1S/C19H30N2O.ClH/c1-15-5-7-17(8-6-15)19(2,3)18(22)21-13-10-16(11-14-21)9-12-20-4;/h5-8,16,20H,9-14H2,1-4H3;1H. The molecule has 1 aromatic carbocycles. The van der Waals surface area contributed by atoms with E-state index in [1.165, 1.54) is 12.0 Å². The Hall–Kier alpha value is -1.06. The zero-order valence-corrected chi connectivity index (χ0v) is 15.7. The van der Waals surface area contributed by atoms with E-state index in [0.717, 1.165) is 44.0 Å².